The van der Waals surface area contributed by atoms with Gasteiger partial charge in [-0.1, -0.05) is 37.3 Å². The van der Waals surface area contributed by atoms with Crippen LogP contribution in [-0.2, 0) is 4.79 Å². The molecule has 4 heteroatoms. The summed E-state index contributed by atoms with van der Waals surface area (Å²) in [6.07, 6.45) is 0.317. The zero-order valence-corrected chi connectivity index (χ0v) is 12.9. The van der Waals surface area contributed by atoms with Crippen LogP contribution < -0.4 is 14.8 Å². The van der Waals surface area contributed by atoms with Crippen LogP contribution in [0.3, 0.4) is 0 Å². The van der Waals surface area contributed by atoms with Gasteiger partial charge in [0.2, 0.25) is 0 Å². The molecular weight excluding hydrogens is 278 g/mol. The molecule has 0 fully saturated rings. The summed E-state index contributed by atoms with van der Waals surface area (Å²) >= 11 is 0. The predicted octanol–water partition coefficient (Wildman–Crippen LogP) is 3.88. The number of para-hydroxylation sites is 3. The number of hydrogen-bond acceptors (Lipinski definition) is 3. The Balaban J connectivity index is 1.99. The van der Waals surface area contributed by atoms with E-state index in [1.165, 1.54) is 0 Å². The quantitative estimate of drug-likeness (QED) is 0.844. The van der Waals surface area contributed by atoms with E-state index in [1.54, 1.807) is 6.92 Å². The Morgan fingerprint density at radius 1 is 1.09 bits per heavy atom. The number of benzene rings is 2. The minimum absolute atomic E-state index is 0.212. The molecule has 0 bridgehead atoms. The summed E-state index contributed by atoms with van der Waals surface area (Å²) in [5.74, 6) is 1.13. The molecule has 0 saturated heterocycles. The fourth-order valence-corrected chi connectivity index (χ4v) is 1.90. The minimum Gasteiger partial charge on any atom is -0.491 e. The lowest BCUT2D eigenvalue weighted by atomic mass is 10.2. The third-order valence-electron chi connectivity index (χ3n) is 3.03. The lowest BCUT2D eigenvalue weighted by Crippen LogP contribution is -2.30. The fraction of sp³-hybridized carbons (Fsp3) is 0.278. The smallest absolute Gasteiger partial charge is 0.265 e. The molecule has 0 aliphatic rings. The Morgan fingerprint density at radius 2 is 1.77 bits per heavy atom. The first-order valence-electron chi connectivity index (χ1n) is 7.45. The molecule has 4 nitrogen and oxygen atoms in total. The number of ether oxygens (including phenoxy) is 2. The van der Waals surface area contributed by atoms with E-state index in [-0.39, 0.29) is 5.91 Å². The van der Waals surface area contributed by atoms with E-state index in [0.29, 0.717) is 23.8 Å². The summed E-state index contributed by atoms with van der Waals surface area (Å²) < 4.78 is 11.2. The summed E-state index contributed by atoms with van der Waals surface area (Å²) in [4.78, 5) is 12.3. The molecular formula is C18H21NO3. The van der Waals surface area contributed by atoms with Crippen LogP contribution in [0.1, 0.15) is 20.3 Å². The molecule has 22 heavy (non-hydrogen) atoms. The van der Waals surface area contributed by atoms with Gasteiger partial charge in [-0.05, 0) is 37.6 Å². The van der Waals surface area contributed by atoms with E-state index in [2.05, 4.69) is 5.32 Å². The van der Waals surface area contributed by atoms with Crippen LogP contribution in [0.5, 0.6) is 11.5 Å². The standard InChI is InChI=1S/C18H21NO3/c1-3-13-21-17-12-8-7-11-16(17)19-18(20)14(2)22-15-9-5-4-6-10-15/h4-12,14H,3,13H2,1-2H3,(H,19,20)/t14-/m0/s1. The van der Waals surface area contributed by atoms with Crippen molar-refractivity contribution in [3.63, 3.8) is 0 Å². The van der Waals surface area contributed by atoms with Gasteiger partial charge in [0.15, 0.2) is 6.10 Å². The summed E-state index contributed by atoms with van der Waals surface area (Å²) in [7, 11) is 0. The Labute approximate surface area is 131 Å². The lowest BCUT2D eigenvalue weighted by molar-refractivity contribution is -0.122. The number of nitrogens with one attached hydrogen (secondary N) is 1. The zero-order chi connectivity index (χ0) is 15.8. The first kappa shape index (κ1) is 15.9. The number of hydrogen-bond donors (Lipinski definition) is 1. The van der Waals surface area contributed by atoms with Crippen LogP contribution in [0.4, 0.5) is 5.69 Å². The highest BCUT2D eigenvalue weighted by Gasteiger charge is 2.16. The number of carbonyl (C=O) groups excluding carboxylic acids is 1. The molecule has 2 aromatic carbocycles. The van der Waals surface area contributed by atoms with E-state index in [1.807, 2.05) is 61.5 Å². The maximum Gasteiger partial charge on any atom is 0.265 e. The molecule has 0 radical (unpaired) electrons. The number of carbonyl (C=O) groups is 1. The minimum atomic E-state index is -0.596. The highest BCUT2D eigenvalue weighted by molar-refractivity contribution is 5.95. The van der Waals surface area contributed by atoms with Crippen LogP contribution in [0.25, 0.3) is 0 Å². The summed E-state index contributed by atoms with van der Waals surface area (Å²) in [5, 5.41) is 2.85. The third-order valence-corrected chi connectivity index (χ3v) is 3.03. The Kier molecular flexibility index (Phi) is 5.83. The van der Waals surface area contributed by atoms with Crippen LogP contribution in [0, 0.1) is 0 Å². The van der Waals surface area contributed by atoms with E-state index in [4.69, 9.17) is 9.47 Å². The van der Waals surface area contributed by atoms with Crippen LogP contribution in [0.2, 0.25) is 0 Å². The third kappa shape index (κ3) is 4.52. The van der Waals surface area contributed by atoms with E-state index >= 15 is 0 Å². The summed E-state index contributed by atoms with van der Waals surface area (Å²) in [5.41, 5.74) is 0.657. The van der Waals surface area contributed by atoms with Crippen molar-refractivity contribution < 1.29 is 14.3 Å². The van der Waals surface area contributed by atoms with E-state index < -0.39 is 6.10 Å². The SMILES string of the molecule is CCCOc1ccccc1NC(=O)[C@H](C)Oc1ccccc1. The molecule has 1 amide bonds. The number of amides is 1. The average Bonchev–Trinajstić information content (AvgIpc) is 2.55. The van der Waals surface area contributed by atoms with Crippen molar-refractivity contribution in [2.24, 2.45) is 0 Å². The topological polar surface area (TPSA) is 47.6 Å². The normalized spacial score (nSPS) is 11.5. The van der Waals surface area contributed by atoms with Crippen LogP contribution >= 0.6 is 0 Å². The Bertz CT molecular complexity index is 598. The number of rotatable bonds is 7. The van der Waals surface area contributed by atoms with Crippen molar-refractivity contribution in [3.8, 4) is 11.5 Å². The van der Waals surface area contributed by atoms with Gasteiger partial charge in [-0.25, -0.2) is 0 Å². The molecule has 0 spiro atoms. The lowest BCUT2D eigenvalue weighted by Gasteiger charge is -2.16. The monoisotopic (exact) mass is 299 g/mol. The second kappa shape index (κ2) is 8.08. The Morgan fingerprint density at radius 3 is 2.50 bits per heavy atom. The van der Waals surface area contributed by atoms with Gasteiger partial charge < -0.3 is 14.8 Å². The molecule has 2 rings (SSSR count). The second-order valence-electron chi connectivity index (χ2n) is 4.91. The molecule has 116 valence electrons. The maximum atomic E-state index is 12.3. The molecule has 0 unspecified atom stereocenters. The van der Waals surface area contributed by atoms with Crippen LogP contribution in [0.15, 0.2) is 54.6 Å². The van der Waals surface area contributed by atoms with Crippen molar-refractivity contribution in [1.29, 1.82) is 0 Å². The number of anilines is 1. The first-order chi connectivity index (χ1) is 10.7. The molecule has 1 atom stereocenters. The van der Waals surface area contributed by atoms with E-state index in [9.17, 15) is 4.79 Å². The van der Waals surface area contributed by atoms with Crippen LogP contribution in [-0.4, -0.2) is 18.6 Å². The van der Waals surface area contributed by atoms with E-state index in [0.717, 1.165) is 6.42 Å². The summed E-state index contributed by atoms with van der Waals surface area (Å²) in [6, 6.07) is 16.7. The van der Waals surface area contributed by atoms with Gasteiger partial charge in [0.25, 0.3) is 5.91 Å². The van der Waals surface area contributed by atoms with Gasteiger partial charge in [-0.3, -0.25) is 4.79 Å². The predicted molar refractivity (Wildman–Crippen MR) is 87.4 cm³/mol. The molecule has 0 aliphatic heterocycles. The van der Waals surface area contributed by atoms with Gasteiger partial charge >= 0.3 is 0 Å². The zero-order valence-electron chi connectivity index (χ0n) is 12.9. The molecule has 1 N–H and O–H groups in total. The average molecular weight is 299 g/mol. The van der Waals surface area contributed by atoms with Gasteiger partial charge in [0.1, 0.15) is 11.5 Å². The maximum absolute atomic E-state index is 12.3. The van der Waals surface area contributed by atoms with Crippen molar-refractivity contribution in [3.05, 3.63) is 54.6 Å². The van der Waals surface area contributed by atoms with Crippen molar-refractivity contribution in [1.82, 2.24) is 0 Å². The molecule has 0 aromatic heterocycles. The van der Waals surface area contributed by atoms with Gasteiger partial charge in [-0.2, -0.15) is 0 Å². The fourth-order valence-electron chi connectivity index (χ4n) is 1.90. The van der Waals surface area contributed by atoms with Crippen molar-refractivity contribution >= 4 is 11.6 Å². The molecule has 0 heterocycles. The van der Waals surface area contributed by atoms with Crippen molar-refractivity contribution in [2.45, 2.75) is 26.4 Å². The highest BCUT2D eigenvalue weighted by Crippen LogP contribution is 2.24. The molecule has 0 saturated carbocycles. The second-order valence-corrected chi connectivity index (χ2v) is 4.91. The largest absolute Gasteiger partial charge is 0.491 e. The van der Waals surface area contributed by atoms with Crippen molar-refractivity contribution in [2.75, 3.05) is 11.9 Å². The molecule has 2 aromatic rings. The summed E-state index contributed by atoms with van der Waals surface area (Å²) in [6.45, 7) is 4.37. The van der Waals surface area contributed by atoms with Gasteiger partial charge in [0, 0.05) is 0 Å². The first-order valence-corrected chi connectivity index (χ1v) is 7.45. The Hall–Kier alpha value is -2.49. The van der Waals surface area contributed by atoms with Gasteiger partial charge in [0.05, 0.1) is 12.3 Å². The highest BCUT2D eigenvalue weighted by atomic mass is 16.5. The van der Waals surface area contributed by atoms with Gasteiger partial charge in [-0.15, -0.1) is 0 Å². The molecule has 0 aliphatic carbocycles.